The van der Waals surface area contributed by atoms with E-state index < -0.39 is 40.4 Å². The number of halogens is 1. The normalized spacial score (nSPS) is 19.4. The van der Waals surface area contributed by atoms with Crippen LogP contribution in [-0.2, 0) is 38.2 Å². The second-order valence-corrected chi connectivity index (χ2v) is 15.8. The fourth-order valence-electron chi connectivity index (χ4n) is 7.82. The summed E-state index contributed by atoms with van der Waals surface area (Å²) >= 11 is 0. The second kappa shape index (κ2) is 14.5. The van der Waals surface area contributed by atoms with Crippen molar-refractivity contribution in [2.24, 2.45) is 7.05 Å². The van der Waals surface area contributed by atoms with Crippen molar-refractivity contribution >= 4 is 61.5 Å². The highest BCUT2D eigenvalue weighted by atomic mass is 32.2. The molecule has 13 nitrogen and oxygen atoms in total. The number of rotatable bonds is 9. The number of anilines is 1. The number of hydrogen-bond acceptors (Lipinski definition) is 8. The maximum absolute atomic E-state index is 16.2. The Morgan fingerprint density at radius 1 is 0.909 bits per heavy atom. The fraction of sp³-hybridized carbons (Fsp3) is 0.300. The Kier molecular flexibility index (Phi) is 9.51. The van der Waals surface area contributed by atoms with Gasteiger partial charge in [0.05, 0.1) is 11.0 Å². The summed E-state index contributed by atoms with van der Waals surface area (Å²) in [6.07, 6.45) is 6.37. The highest BCUT2D eigenvalue weighted by Crippen LogP contribution is 2.40. The monoisotopic (exact) mass is 766 g/mol. The molecule has 0 radical (unpaired) electrons. The average Bonchev–Trinajstić information content (AvgIpc) is 3.59. The van der Waals surface area contributed by atoms with E-state index in [1.165, 1.54) is 4.57 Å². The Morgan fingerprint density at radius 2 is 1.69 bits per heavy atom. The van der Waals surface area contributed by atoms with Gasteiger partial charge in [-0.1, -0.05) is 60.7 Å². The molecule has 1 atom stereocenters. The van der Waals surface area contributed by atoms with E-state index in [4.69, 9.17) is 4.74 Å². The number of hydrogen-bond donors (Lipinski definition) is 2. The Labute approximate surface area is 316 Å². The van der Waals surface area contributed by atoms with E-state index in [1.807, 2.05) is 65.4 Å². The number of carbonyl (C=O) groups is 3. The molecule has 0 aliphatic carbocycles. The average molecular weight is 767 g/mol. The fourth-order valence-corrected chi connectivity index (χ4v) is 8.98. The Balaban J connectivity index is 0.954. The molecule has 3 saturated heterocycles. The summed E-state index contributed by atoms with van der Waals surface area (Å²) in [7, 11) is -2.59. The molecule has 15 heteroatoms. The van der Waals surface area contributed by atoms with Crippen molar-refractivity contribution in [3.8, 4) is 5.75 Å². The van der Waals surface area contributed by atoms with Gasteiger partial charge in [-0.05, 0) is 84.6 Å². The van der Waals surface area contributed by atoms with Gasteiger partial charge in [0.25, 0.3) is 5.91 Å². The summed E-state index contributed by atoms with van der Waals surface area (Å²) in [4.78, 5) is 51.9. The minimum Gasteiger partial charge on any atom is -0.487 e. The maximum Gasteiger partial charge on any atom is 0.329 e. The molecule has 1 aromatic heterocycles. The molecule has 0 bridgehead atoms. The zero-order valence-corrected chi connectivity index (χ0v) is 30.9. The zero-order valence-electron chi connectivity index (χ0n) is 30.0. The summed E-state index contributed by atoms with van der Waals surface area (Å²) in [6.45, 7) is 1.96. The van der Waals surface area contributed by atoms with Crippen molar-refractivity contribution in [3.63, 3.8) is 0 Å². The first-order valence-corrected chi connectivity index (χ1v) is 19.6. The number of ether oxygens (including phenoxy) is 1. The number of benzene rings is 4. The second-order valence-electron chi connectivity index (χ2n) is 14.2. The van der Waals surface area contributed by atoms with Crippen LogP contribution < -0.4 is 24.8 Å². The predicted molar refractivity (Wildman–Crippen MR) is 205 cm³/mol. The Hall–Kier alpha value is -5.80. The van der Waals surface area contributed by atoms with Crippen LogP contribution >= 0.6 is 0 Å². The smallest absolute Gasteiger partial charge is 0.329 e. The minimum absolute atomic E-state index is 0.00573. The first-order chi connectivity index (χ1) is 26.5. The van der Waals surface area contributed by atoms with Gasteiger partial charge in [0, 0.05) is 25.4 Å². The molecule has 5 aromatic rings. The predicted octanol–water partition coefficient (Wildman–Crippen LogP) is 4.26. The van der Waals surface area contributed by atoms with Gasteiger partial charge in [-0.25, -0.2) is 18.2 Å². The van der Waals surface area contributed by atoms with Gasteiger partial charge in [-0.3, -0.25) is 33.7 Å². The number of piperidine rings is 2. The first-order valence-electron chi connectivity index (χ1n) is 18.2. The quantitative estimate of drug-likeness (QED) is 0.211. The van der Waals surface area contributed by atoms with Gasteiger partial charge in [0.2, 0.25) is 11.8 Å². The van der Waals surface area contributed by atoms with Crippen LogP contribution in [0.25, 0.3) is 27.9 Å². The third kappa shape index (κ3) is 7.00. The van der Waals surface area contributed by atoms with Crippen molar-refractivity contribution in [1.82, 2.24) is 24.1 Å². The molecule has 4 heterocycles. The first kappa shape index (κ1) is 36.2. The number of nitrogens with one attached hydrogen (secondary N) is 2. The summed E-state index contributed by atoms with van der Waals surface area (Å²) in [5, 5.41) is 3.07. The lowest BCUT2D eigenvalue weighted by Crippen LogP contribution is -2.44. The largest absolute Gasteiger partial charge is 0.487 e. The number of aromatic nitrogens is 2. The van der Waals surface area contributed by atoms with Gasteiger partial charge in [0.15, 0.2) is 5.82 Å². The van der Waals surface area contributed by atoms with Crippen molar-refractivity contribution in [2.45, 2.75) is 44.2 Å². The molecule has 3 aliphatic heterocycles. The number of fused-ring (bicyclic) bond motifs is 2. The summed E-state index contributed by atoms with van der Waals surface area (Å²) in [5.74, 6) is -2.02. The third-order valence-electron chi connectivity index (χ3n) is 10.7. The molecule has 284 valence electrons. The highest BCUT2D eigenvalue weighted by molar-refractivity contribution is 7.92. The van der Waals surface area contributed by atoms with Crippen LogP contribution in [0.1, 0.15) is 54.3 Å². The molecule has 55 heavy (non-hydrogen) atoms. The van der Waals surface area contributed by atoms with Crippen LogP contribution in [0, 0.1) is 5.82 Å². The van der Waals surface area contributed by atoms with E-state index in [0.717, 1.165) is 48.1 Å². The van der Waals surface area contributed by atoms with Crippen molar-refractivity contribution in [3.05, 3.63) is 112 Å². The van der Waals surface area contributed by atoms with Gasteiger partial charge in [-0.15, -0.1) is 0 Å². The van der Waals surface area contributed by atoms with Crippen molar-refractivity contribution in [2.75, 3.05) is 30.5 Å². The SMILES string of the molecule is Cn1c(=O)n(C2CCC(=O)NC2=O)c2ccc(C3CCN(C/C=C/c4ccc5c(F)c(N6CC(=O)NS6(=O)=O)c(OCc6ccccc6)cc5c4)CC3)cc21. The molecule has 8 rings (SSSR count). The lowest BCUT2D eigenvalue weighted by atomic mass is 9.89. The number of carbonyl (C=O) groups excluding carboxylic acids is 3. The van der Waals surface area contributed by atoms with Crippen LogP contribution in [-0.4, -0.2) is 66.4 Å². The lowest BCUT2D eigenvalue weighted by Gasteiger charge is -2.31. The number of imidazole rings is 1. The number of imide groups is 1. The maximum atomic E-state index is 16.2. The van der Waals surface area contributed by atoms with Gasteiger partial charge >= 0.3 is 15.9 Å². The van der Waals surface area contributed by atoms with Gasteiger partial charge < -0.3 is 4.74 Å². The van der Waals surface area contributed by atoms with E-state index in [0.29, 0.717) is 34.1 Å². The molecule has 0 saturated carbocycles. The third-order valence-corrected chi connectivity index (χ3v) is 12.1. The molecule has 4 aromatic carbocycles. The van der Waals surface area contributed by atoms with E-state index in [1.54, 1.807) is 29.8 Å². The molecule has 2 N–H and O–H groups in total. The van der Waals surface area contributed by atoms with E-state index >= 15 is 4.39 Å². The number of nitrogens with zero attached hydrogens (tertiary/aromatic N) is 4. The van der Waals surface area contributed by atoms with Crippen molar-refractivity contribution in [1.29, 1.82) is 0 Å². The van der Waals surface area contributed by atoms with Crippen LogP contribution in [0.4, 0.5) is 10.1 Å². The number of amides is 3. The molecule has 0 spiro atoms. The molecule has 3 fully saturated rings. The van der Waals surface area contributed by atoms with Gasteiger partial charge in [-0.2, -0.15) is 8.42 Å². The summed E-state index contributed by atoms with van der Waals surface area (Å²) < 4.78 is 53.4. The molecular weight excluding hydrogens is 728 g/mol. The minimum atomic E-state index is -4.29. The van der Waals surface area contributed by atoms with Crippen LogP contribution in [0.15, 0.2) is 83.7 Å². The standard InChI is InChI=1S/C40H39FN6O7S/c1-44-33-21-28(10-12-31(33)47(40(44)51)32-13-14-35(48)42-39(32)50)27-15-18-45(19-16-27)17-5-8-25-9-11-30-29(20-25)22-34(54-24-26-6-3-2-4-7-26)38(37(30)41)46-23-36(49)43-55(46,52)53/h2-12,20-22,27,32H,13-19,23-24H2,1H3,(H,43,49)(H,42,48,50)/b8-5+. The molecular formula is C40H39FN6O7S. The van der Waals surface area contributed by atoms with Crippen LogP contribution in [0.2, 0.25) is 0 Å². The van der Waals surface area contributed by atoms with E-state index in [9.17, 15) is 27.6 Å². The van der Waals surface area contributed by atoms with Crippen LogP contribution in [0.5, 0.6) is 5.75 Å². The Morgan fingerprint density at radius 3 is 2.42 bits per heavy atom. The zero-order chi connectivity index (χ0) is 38.4. The molecule has 3 aliphatic rings. The molecule has 1 unspecified atom stereocenters. The number of likely N-dealkylation sites (tertiary alicyclic amines) is 1. The Bertz CT molecular complexity index is 2560. The summed E-state index contributed by atoms with van der Waals surface area (Å²) in [6, 6.07) is 21.3. The van der Waals surface area contributed by atoms with E-state index in [2.05, 4.69) is 16.3 Å². The van der Waals surface area contributed by atoms with Crippen molar-refractivity contribution < 1.29 is 31.9 Å². The van der Waals surface area contributed by atoms with E-state index in [-0.39, 0.29) is 41.4 Å². The summed E-state index contributed by atoms with van der Waals surface area (Å²) in [5.41, 5.74) is 3.61. The molecule has 3 amide bonds. The number of aryl methyl sites for hydroxylation is 1. The van der Waals surface area contributed by atoms with Crippen LogP contribution in [0.3, 0.4) is 0 Å². The topological polar surface area (TPSA) is 152 Å². The van der Waals surface area contributed by atoms with Gasteiger partial charge in [0.1, 0.15) is 30.6 Å². The lowest BCUT2D eigenvalue weighted by molar-refractivity contribution is -0.135. The highest BCUT2D eigenvalue weighted by Gasteiger charge is 2.38.